The van der Waals surface area contributed by atoms with E-state index in [1.165, 1.54) is 27.0 Å². The van der Waals surface area contributed by atoms with Crippen LogP contribution in [0.4, 0.5) is 0 Å². The molecule has 1 aliphatic rings. The molecule has 0 radical (unpaired) electrons. The zero-order valence-corrected chi connectivity index (χ0v) is 12.8. The number of ether oxygens (including phenoxy) is 3. The fourth-order valence-corrected chi connectivity index (χ4v) is 2.42. The Bertz CT molecular complexity index is 603. The minimum absolute atomic E-state index is 0.175. The molecule has 0 unspecified atom stereocenters. The lowest BCUT2D eigenvalue weighted by Crippen LogP contribution is -2.55. The van der Waals surface area contributed by atoms with E-state index in [2.05, 4.69) is 0 Å². The van der Waals surface area contributed by atoms with Crippen LogP contribution in [-0.4, -0.2) is 58.8 Å². The highest BCUT2D eigenvalue weighted by atomic mass is 16.7. The number of methoxy groups -OCH3 is 1. The van der Waals surface area contributed by atoms with Crippen LogP contribution in [0.5, 0.6) is 11.5 Å². The number of hydrogen-bond donors (Lipinski definition) is 3. The molecule has 0 amide bonds. The fraction of sp³-hybridized carbons (Fsp3) is 0.467. The first-order valence-corrected chi connectivity index (χ1v) is 6.89. The second-order valence-electron chi connectivity index (χ2n) is 5.28. The SMILES string of the molecule is CO[C@H]1O[C@H](C)[C@@H](OC(=O)c2c(C)cc(O)cc2O)C(=O)[C@H]1O. The van der Waals surface area contributed by atoms with Crippen molar-refractivity contribution in [1.82, 2.24) is 0 Å². The highest BCUT2D eigenvalue weighted by Crippen LogP contribution is 2.29. The van der Waals surface area contributed by atoms with Gasteiger partial charge in [0.05, 0.1) is 0 Å². The number of esters is 1. The number of carbonyl (C=O) groups excluding carboxylic acids is 2. The Morgan fingerprint density at radius 2 is 1.96 bits per heavy atom. The Morgan fingerprint density at radius 1 is 1.30 bits per heavy atom. The van der Waals surface area contributed by atoms with E-state index >= 15 is 0 Å². The van der Waals surface area contributed by atoms with Gasteiger partial charge in [0, 0.05) is 13.2 Å². The maximum Gasteiger partial charge on any atom is 0.343 e. The van der Waals surface area contributed by atoms with Crippen molar-refractivity contribution in [3.8, 4) is 11.5 Å². The average molecular weight is 326 g/mol. The summed E-state index contributed by atoms with van der Waals surface area (Å²) in [6.07, 6.45) is -4.88. The number of hydrogen-bond acceptors (Lipinski definition) is 8. The fourth-order valence-electron chi connectivity index (χ4n) is 2.42. The van der Waals surface area contributed by atoms with E-state index in [1.807, 2.05) is 0 Å². The normalized spacial score (nSPS) is 27.7. The van der Waals surface area contributed by atoms with E-state index in [9.17, 15) is 24.9 Å². The molecule has 1 heterocycles. The second kappa shape index (κ2) is 6.53. The third-order valence-corrected chi connectivity index (χ3v) is 3.57. The van der Waals surface area contributed by atoms with Crippen LogP contribution in [0.1, 0.15) is 22.8 Å². The van der Waals surface area contributed by atoms with Gasteiger partial charge >= 0.3 is 5.97 Å². The van der Waals surface area contributed by atoms with Gasteiger partial charge in [-0.3, -0.25) is 4.79 Å². The van der Waals surface area contributed by atoms with Crippen LogP contribution in [0.2, 0.25) is 0 Å². The zero-order valence-electron chi connectivity index (χ0n) is 12.8. The Balaban J connectivity index is 2.22. The molecule has 23 heavy (non-hydrogen) atoms. The van der Waals surface area contributed by atoms with Crippen molar-refractivity contribution in [1.29, 1.82) is 0 Å². The summed E-state index contributed by atoms with van der Waals surface area (Å²) in [5.41, 5.74) is 0.103. The molecular weight excluding hydrogens is 308 g/mol. The summed E-state index contributed by atoms with van der Waals surface area (Å²) in [5, 5.41) is 28.9. The van der Waals surface area contributed by atoms with E-state index in [-0.39, 0.29) is 16.9 Å². The van der Waals surface area contributed by atoms with Crippen molar-refractivity contribution in [2.75, 3.05) is 7.11 Å². The van der Waals surface area contributed by atoms with Gasteiger partial charge in [-0.05, 0) is 25.5 Å². The maximum atomic E-state index is 12.2. The van der Waals surface area contributed by atoms with Gasteiger partial charge in [-0.15, -0.1) is 0 Å². The molecule has 0 bridgehead atoms. The predicted octanol–water partition coefficient (Wildman–Crippen LogP) is 0.253. The largest absolute Gasteiger partial charge is 0.508 e. The third-order valence-electron chi connectivity index (χ3n) is 3.57. The number of rotatable bonds is 3. The smallest absolute Gasteiger partial charge is 0.343 e. The first-order chi connectivity index (χ1) is 10.8. The Labute approximate surface area is 132 Å². The van der Waals surface area contributed by atoms with Crippen LogP contribution >= 0.6 is 0 Å². The number of aromatic hydroxyl groups is 2. The number of Topliss-reactive ketones (excluding diaryl/α,β-unsaturated/α-hetero) is 1. The molecule has 2 rings (SSSR count). The van der Waals surface area contributed by atoms with Gasteiger partial charge in [0.25, 0.3) is 0 Å². The highest BCUT2D eigenvalue weighted by Gasteiger charge is 2.45. The molecule has 0 aliphatic carbocycles. The molecular formula is C15H18O8. The van der Waals surface area contributed by atoms with Crippen LogP contribution in [0, 0.1) is 6.92 Å². The van der Waals surface area contributed by atoms with Gasteiger partial charge in [0.15, 0.2) is 18.5 Å². The minimum Gasteiger partial charge on any atom is -0.508 e. The molecule has 1 fully saturated rings. The molecule has 8 heteroatoms. The summed E-state index contributed by atoms with van der Waals surface area (Å²) >= 11 is 0. The Kier molecular flexibility index (Phi) is 4.88. The van der Waals surface area contributed by atoms with E-state index in [0.717, 1.165) is 6.07 Å². The van der Waals surface area contributed by atoms with Crippen LogP contribution in [-0.2, 0) is 19.0 Å². The number of ketones is 1. The number of benzene rings is 1. The van der Waals surface area contributed by atoms with Gasteiger partial charge in [-0.25, -0.2) is 4.79 Å². The van der Waals surface area contributed by atoms with E-state index in [4.69, 9.17) is 14.2 Å². The number of aliphatic hydroxyl groups excluding tert-OH is 1. The second-order valence-corrected chi connectivity index (χ2v) is 5.28. The molecule has 126 valence electrons. The van der Waals surface area contributed by atoms with Crippen LogP contribution in [0.25, 0.3) is 0 Å². The minimum atomic E-state index is -1.58. The number of phenolic OH excluding ortho intramolecular Hbond substituents is 2. The van der Waals surface area contributed by atoms with Crippen LogP contribution < -0.4 is 0 Å². The zero-order chi connectivity index (χ0) is 17.3. The molecule has 1 aliphatic heterocycles. The van der Waals surface area contributed by atoms with Gasteiger partial charge in [0.2, 0.25) is 5.78 Å². The summed E-state index contributed by atoms with van der Waals surface area (Å²) in [5.74, 6) is -2.39. The quantitative estimate of drug-likeness (QED) is 0.676. The molecule has 1 saturated heterocycles. The van der Waals surface area contributed by atoms with Gasteiger partial charge in [-0.1, -0.05) is 0 Å². The maximum absolute atomic E-state index is 12.2. The van der Waals surface area contributed by atoms with Crippen molar-refractivity contribution < 1.29 is 39.1 Å². The van der Waals surface area contributed by atoms with Gasteiger partial charge in [0.1, 0.15) is 23.2 Å². The molecule has 8 nitrogen and oxygen atoms in total. The van der Waals surface area contributed by atoms with Crippen molar-refractivity contribution >= 4 is 11.8 Å². The summed E-state index contributed by atoms with van der Waals surface area (Å²) < 4.78 is 15.2. The number of phenols is 2. The topological polar surface area (TPSA) is 123 Å². The Morgan fingerprint density at radius 3 is 2.52 bits per heavy atom. The van der Waals surface area contributed by atoms with E-state index in [0.29, 0.717) is 0 Å². The van der Waals surface area contributed by atoms with Crippen LogP contribution in [0.15, 0.2) is 12.1 Å². The van der Waals surface area contributed by atoms with Gasteiger partial charge < -0.3 is 29.5 Å². The van der Waals surface area contributed by atoms with Crippen molar-refractivity contribution in [3.05, 3.63) is 23.3 Å². The number of aliphatic hydroxyl groups is 1. The Hall–Kier alpha value is -2.16. The highest BCUT2D eigenvalue weighted by molar-refractivity contribution is 5.97. The molecule has 0 aromatic heterocycles. The van der Waals surface area contributed by atoms with Crippen molar-refractivity contribution in [2.45, 2.75) is 38.4 Å². The predicted molar refractivity (Wildman–Crippen MR) is 76.1 cm³/mol. The summed E-state index contributed by atoms with van der Waals surface area (Å²) in [6, 6.07) is 2.26. The average Bonchev–Trinajstić information content (AvgIpc) is 2.46. The first-order valence-electron chi connectivity index (χ1n) is 6.89. The van der Waals surface area contributed by atoms with Gasteiger partial charge in [-0.2, -0.15) is 0 Å². The van der Waals surface area contributed by atoms with E-state index < -0.39 is 42.1 Å². The van der Waals surface area contributed by atoms with Crippen molar-refractivity contribution in [3.63, 3.8) is 0 Å². The molecule has 1 aromatic rings. The van der Waals surface area contributed by atoms with Crippen LogP contribution in [0.3, 0.4) is 0 Å². The molecule has 3 N–H and O–H groups in total. The molecule has 0 spiro atoms. The monoisotopic (exact) mass is 326 g/mol. The lowest BCUT2D eigenvalue weighted by atomic mass is 10.0. The molecule has 4 atom stereocenters. The number of aryl methyl sites for hydroxylation is 1. The lowest BCUT2D eigenvalue weighted by Gasteiger charge is -2.35. The van der Waals surface area contributed by atoms with E-state index in [1.54, 1.807) is 0 Å². The standard InChI is InChI=1S/C15H18O8/c1-6-4-8(16)5-9(17)10(6)14(20)23-13-7(2)22-15(21-3)12(19)11(13)18/h4-5,7,12-13,15-17,19H,1-3H3/t7-,12-,13-,15+/m1/s1. The summed E-state index contributed by atoms with van der Waals surface area (Å²) in [6.45, 7) is 2.99. The molecule has 0 saturated carbocycles. The van der Waals surface area contributed by atoms with Crippen molar-refractivity contribution in [2.24, 2.45) is 0 Å². The third kappa shape index (κ3) is 3.29. The molecule has 1 aromatic carbocycles. The summed E-state index contributed by atoms with van der Waals surface area (Å²) in [7, 11) is 1.28. The first kappa shape index (κ1) is 17.2. The lowest BCUT2D eigenvalue weighted by molar-refractivity contribution is -0.239. The number of carbonyl (C=O) groups is 2. The summed E-state index contributed by atoms with van der Waals surface area (Å²) in [4.78, 5) is 24.3.